The number of aliphatic hydroxyl groups is 1. The molecule has 13 heavy (non-hydrogen) atoms. The number of benzene rings is 1. The summed E-state index contributed by atoms with van der Waals surface area (Å²) in [5.41, 5.74) is 2.74. The minimum atomic E-state index is 0. The first-order chi connectivity index (χ1) is 5.72. The molecule has 0 aliphatic rings. The van der Waals surface area contributed by atoms with Crippen LogP contribution >= 0.6 is 0 Å². The van der Waals surface area contributed by atoms with E-state index in [1.54, 1.807) is 0 Å². The third-order valence-electron chi connectivity index (χ3n) is 1.68. The van der Waals surface area contributed by atoms with Crippen molar-refractivity contribution in [2.24, 2.45) is 0 Å². The molecule has 0 aromatic heterocycles. The first-order valence-corrected chi connectivity index (χ1v) is 4.02. The molecule has 0 radical (unpaired) electrons. The van der Waals surface area contributed by atoms with Crippen molar-refractivity contribution in [1.29, 1.82) is 0 Å². The smallest absolute Gasteiger partial charge is 0.400 e. The van der Waals surface area contributed by atoms with E-state index in [1.165, 1.54) is 17.0 Å². The van der Waals surface area contributed by atoms with E-state index in [1.807, 2.05) is 0 Å². The maximum atomic E-state index is 7.00. The van der Waals surface area contributed by atoms with Crippen LogP contribution in [0.25, 0.3) is 0 Å². The summed E-state index contributed by atoms with van der Waals surface area (Å²) >= 11 is 0. The van der Waals surface area contributed by atoms with Gasteiger partial charge in [0.05, 0.1) is 0 Å². The summed E-state index contributed by atoms with van der Waals surface area (Å²) in [6.45, 7) is 6.42. The SMILES string of the molecule is CO.Cc1ccccc1[C-](C)C.[Rb+]. The number of aliphatic hydroxyl groups excluding tert-OH is 1. The van der Waals surface area contributed by atoms with Crippen LogP contribution in [-0.4, -0.2) is 12.2 Å². The van der Waals surface area contributed by atoms with Gasteiger partial charge in [0.2, 0.25) is 0 Å². The van der Waals surface area contributed by atoms with Crippen LogP contribution in [0.1, 0.15) is 25.0 Å². The van der Waals surface area contributed by atoms with E-state index < -0.39 is 0 Å². The Hall–Kier alpha value is 0.855. The Bertz CT molecular complexity index is 221. The van der Waals surface area contributed by atoms with Crippen LogP contribution in [0.3, 0.4) is 0 Å². The molecule has 0 atom stereocenters. The monoisotopic (exact) mass is 250 g/mol. The van der Waals surface area contributed by atoms with Gasteiger partial charge < -0.3 is 5.11 Å². The average molecular weight is 251 g/mol. The number of hydrogen-bond acceptors (Lipinski definition) is 1. The molecule has 0 amide bonds. The van der Waals surface area contributed by atoms with Gasteiger partial charge in [-0.25, -0.2) is 0 Å². The summed E-state index contributed by atoms with van der Waals surface area (Å²) in [6, 6.07) is 8.45. The molecular weight excluding hydrogens is 234 g/mol. The van der Waals surface area contributed by atoms with E-state index in [4.69, 9.17) is 5.11 Å². The Morgan fingerprint density at radius 1 is 1.08 bits per heavy atom. The Morgan fingerprint density at radius 3 is 1.85 bits per heavy atom. The molecule has 0 unspecified atom stereocenters. The third-order valence-corrected chi connectivity index (χ3v) is 1.68. The van der Waals surface area contributed by atoms with Gasteiger partial charge in [0, 0.05) is 7.11 Å². The summed E-state index contributed by atoms with van der Waals surface area (Å²) < 4.78 is 0. The molecule has 68 valence electrons. The largest absolute Gasteiger partial charge is 1.00 e. The van der Waals surface area contributed by atoms with Crippen molar-refractivity contribution in [3.05, 3.63) is 41.3 Å². The van der Waals surface area contributed by atoms with Crippen LogP contribution < -0.4 is 58.2 Å². The minimum absolute atomic E-state index is 0. The van der Waals surface area contributed by atoms with Gasteiger partial charge >= 0.3 is 58.2 Å². The van der Waals surface area contributed by atoms with Crippen molar-refractivity contribution < 1.29 is 63.3 Å². The van der Waals surface area contributed by atoms with Crippen molar-refractivity contribution in [2.45, 2.75) is 20.8 Å². The molecule has 0 saturated heterocycles. The molecule has 0 heterocycles. The molecular formula is C11H17ORb. The fraction of sp³-hybridized carbons (Fsp3) is 0.364. The van der Waals surface area contributed by atoms with Gasteiger partial charge in [-0.1, -0.05) is 26.8 Å². The second-order valence-electron chi connectivity index (χ2n) is 2.81. The Morgan fingerprint density at radius 2 is 1.54 bits per heavy atom. The first-order valence-electron chi connectivity index (χ1n) is 4.02. The fourth-order valence-corrected chi connectivity index (χ4v) is 1.13. The Balaban J connectivity index is 0. The first kappa shape index (κ1) is 16.3. The van der Waals surface area contributed by atoms with Gasteiger partial charge in [0.1, 0.15) is 0 Å². The maximum absolute atomic E-state index is 7.00. The predicted octanol–water partition coefficient (Wildman–Crippen LogP) is -0.430. The minimum Gasteiger partial charge on any atom is -0.400 e. The number of rotatable bonds is 1. The summed E-state index contributed by atoms with van der Waals surface area (Å²) in [7, 11) is 1.00. The van der Waals surface area contributed by atoms with Crippen molar-refractivity contribution >= 4 is 0 Å². The molecule has 1 nitrogen and oxygen atoms in total. The van der Waals surface area contributed by atoms with Crippen molar-refractivity contribution in [3.8, 4) is 0 Å². The van der Waals surface area contributed by atoms with Crippen LogP contribution in [0.2, 0.25) is 0 Å². The van der Waals surface area contributed by atoms with Gasteiger partial charge in [-0.3, -0.25) is 0 Å². The van der Waals surface area contributed by atoms with Gasteiger partial charge in [-0.2, -0.15) is 23.1 Å². The average Bonchev–Trinajstić information content (AvgIpc) is 2.08. The second-order valence-corrected chi connectivity index (χ2v) is 2.81. The molecule has 2 heteroatoms. The molecule has 0 bridgehead atoms. The molecule has 1 aromatic carbocycles. The van der Waals surface area contributed by atoms with Gasteiger partial charge in [-0.05, 0) is 0 Å². The maximum Gasteiger partial charge on any atom is 1.00 e. The molecule has 0 aliphatic carbocycles. The quantitative estimate of drug-likeness (QED) is 0.671. The van der Waals surface area contributed by atoms with Crippen molar-refractivity contribution in [1.82, 2.24) is 0 Å². The summed E-state index contributed by atoms with van der Waals surface area (Å²) in [5.74, 6) is 1.39. The van der Waals surface area contributed by atoms with Crippen molar-refractivity contribution in [3.63, 3.8) is 0 Å². The zero-order valence-electron chi connectivity index (χ0n) is 9.26. The molecule has 0 spiro atoms. The topological polar surface area (TPSA) is 20.2 Å². The van der Waals surface area contributed by atoms with Crippen LogP contribution in [-0.2, 0) is 0 Å². The van der Waals surface area contributed by atoms with Crippen LogP contribution in [0.5, 0.6) is 0 Å². The molecule has 0 fully saturated rings. The molecule has 1 rings (SSSR count). The zero-order valence-corrected chi connectivity index (χ0v) is 14.2. The fourth-order valence-electron chi connectivity index (χ4n) is 1.13. The number of hydrogen-bond donors (Lipinski definition) is 1. The summed E-state index contributed by atoms with van der Waals surface area (Å²) in [4.78, 5) is 0. The van der Waals surface area contributed by atoms with E-state index in [0.29, 0.717) is 0 Å². The molecule has 0 aliphatic heterocycles. The van der Waals surface area contributed by atoms with Crippen molar-refractivity contribution in [2.75, 3.05) is 7.11 Å². The van der Waals surface area contributed by atoms with Crippen LogP contribution in [0, 0.1) is 12.8 Å². The Kier molecular flexibility index (Phi) is 11.8. The van der Waals surface area contributed by atoms with E-state index >= 15 is 0 Å². The van der Waals surface area contributed by atoms with E-state index in [9.17, 15) is 0 Å². The third kappa shape index (κ3) is 6.03. The second kappa shape index (κ2) is 9.41. The molecule has 1 aromatic rings. The molecule has 0 saturated carbocycles. The summed E-state index contributed by atoms with van der Waals surface area (Å²) in [6.07, 6.45) is 0. The molecule has 1 N–H and O–H groups in total. The normalized spacial score (nSPS) is 7.77. The van der Waals surface area contributed by atoms with Gasteiger partial charge in [-0.15, -0.1) is 12.1 Å². The van der Waals surface area contributed by atoms with E-state index in [0.717, 1.165) is 7.11 Å². The van der Waals surface area contributed by atoms with E-state index in [-0.39, 0.29) is 58.2 Å². The zero-order chi connectivity index (χ0) is 9.56. The van der Waals surface area contributed by atoms with Gasteiger partial charge in [0.15, 0.2) is 0 Å². The number of aryl methyl sites for hydroxylation is 1. The van der Waals surface area contributed by atoms with Crippen LogP contribution in [0.15, 0.2) is 24.3 Å². The Labute approximate surface area is 130 Å². The standard InChI is InChI=1S/C10H13.CH4O.Rb/c1-8(2)10-7-5-4-6-9(10)3;1-2;/h4-7H,1-3H3;2H,1H3;/q-1;;+1. The van der Waals surface area contributed by atoms with Gasteiger partial charge in [0.25, 0.3) is 0 Å². The van der Waals surface area contributed by atoms with E-state index in [2.05, 4.69) is 45.0 Å². The summed E-state index contributed by atoms with van der Waals surface area (Å²) in [5, 5.41) is 7.00. The predicted molar refractivity (Wildman–Crippen MR) is 53.0 cm³/mol. The van der Waals surface area contributed by atoms with Crippen LogP contribution in [0.4, 0.5) is 0 Å².